The van der Waals surface area contributed by atoms with E-state index in [1.165, 1.54) is 4.57 Å². The molecule has 2 rings (SSSR count). The van der Waals surface area contributed by atoms with Crippen molar-refractivity contribution in [2.24, 2.45) is 0 Å². The van der Waals surface area contributed by atoms with Crippen LogP contribution in [0.3, 0.4) is 0 Å². The molecule has 0 saturated heterocycles. The molecule has 0 aliphatic heterocycles. The third kappa shape index (κ3) is 2.14. The van der Waals surface area contributed by atoms with Gasteiger partial charge in [0.25, 0.3) is 0 Å². The van der Waals surface area contributed by atoms with E-state index in [0.29, 0.717) is 17.3 Å². The van der Waals surface area contributed by atoms with Gasteiger partial charge in [-0.1, -0.05) is 12.1 Å². The molecule has 0 aliphatic carbocycles. The third-order valence-corrected chi connectivity index (χ3v) is 1.91. The van der Waals surface area contributed by atoms with Crippen LogP contribution in [0.15, 0.2) is 24.3 Å². The molecule has 0 amide bonds. The smallest absolute Gasteiger partial charge is 0.185 e. The number of hydrogen-bond donors (Lipinski definition) is 0. The number of carbonyl (C=O) groups excluding carboxylic acids is 1. The normalized spacial score (nSPS) is 9.13. The average molecular weight is 233 g/mol. The van der Waals surface area contributed by atoms with Crippen molar-refractivity contribution in [3.8, 4) is 0 Å². The molecule has 0 bridgehead atoms. The summed E-state index contributed by atoms with van der Waals surface area (Å²) in [5.74, 6) is 0.128. The van der Waals surface area contributed by atoms with Gasteiger partial charge in [0.1, 0.15) is 0 Å². The second-order valence-corrected chi connectivity index (χ2v) is 2.62. The van der Waals surface area contributed by atoms with Crippen LogP contribution in [0.25, 0.3) is 11.0 Å². The molecule has 0 radical (unpaired) electrons. The Kier molecular flexibility index (Phi) is 4.90. The molecule has 0 fully saturated rings. The SMILES string of the molecule is Cl.O.O=Cc1nc2ccccc2n1CF. The fourth-order valence-corrected chi connectivity index (χ4v) is 1.31. The highest BCUT2D eigenvalue weighted by molar-refractivity contribution is 5.85. The Morgan fingerprint density at radius 2 is 2.07 bits per heavy atom. The Balaban J connectivity index is 0.000000980. The average Bonchev–Trinajstić information content (AvgIpc) is 2.55. The zero-order chi connectivity index (χ0) is 9.26. The number of benzene rings is 1. The van der Waals surface area contributed by atoms with Crippen molar-refractivity contribution in [2.75, 3.05) is 0 Å². The van der Waals surface area contributed by atoms with E-state index in [4.69, 9.17) is 0 Å². The van der Waals surface area contributed by atoms with E-state index in [9.17, 15) is 9.18 Å². The first-order chi connectivity index (χ1) is 6.36. The minimum atomic E-state index is -0.728. The summed E-state index contributed by atoms with van der Waals surface area (Å²) in [4.78, 5) is 14.5. The minimum Gasteiger partial charge on any atom is -0.412 e. The van der Waals surface area contributed by atoms with Crippen LogP contribution >= 0.6 is 12.4 Å². The fraction of sp³-hybridized carbons (Fsp3) is 0.111. The number of imidazole rings is 1. The van der Waals surface area contributed by atoms with Crippen molar-refractivity contribution >= 4 is 29.7 Å². The van der Waals surface area contributed by atoms with Crippen LogP contribution in [0.2, 0.25) is 0 Å². The molecule has 1 heterocycles. The van der Waals surface area contributed by atoms with E-state index in [0.717, 1.165) is 0 Å². The monoisotopic (exact) mass is 232 g/mol. The second kappa shape index (κ2) is 5.43. The molecule has 1 aromatic carbocycles. The Bertz CT molecular complexity index is 458. The number of alkyl halides is 1. The number of nitrogens with zero attached hydrogens (tertiary/aromatic N) is 2. The lowest BCUT2D eigenvalue weighted by molar-refractivity contribution is 0.110. The minimum absolute atomic E-state index is 0. The quantitative estimate of drug-likeness (QED) is 0.734. The highest BCUT2D eigenvalue weighted by Gasteiger charge is 2.07. The molecule has 2 aromatic rings. The molecule has 0 aliphatic rings. The number of fused-ring (bicyclic) bond motifs is 1. The van der Waals surface area contributed by atoms with E-state index < -0.39 is 6.80 Å². The number of aromatic nitrogens is 2. The predicted octanol–water partition coefficient (Wildman–Crippen LogP) is 1.37. The van der Waals surface area contributed by atoms with Gasteiger partial charge in [0.05, 0.1) is 11.0 Å². The van der Waals surface area contributed by atoms with Crippen LogP contribution in [-0.4, -0.2) is 21.3 Å². The van der Waals surface area contributed by atoms with Gasteiger partial charge in [-0.05, 0) is 12.1 Å². The summed E-state index contributed by atoms with van der Waals surface area (Å²) >= 11 is 0. The molecule has 15 heavy (non-hydrogen) atoms. The maximum atomic E-state index is 12.5. The lowest BCUT2D eigenvalue weighted by Crippen LogP contribution is -1.98. The van der Waals surface area contributed by atoms with E-state index in [1.54, 1.807) is 24.3 Å². The maximum absolute atomic E-state index is 12.5. The molecule has 0 atom stereocenters. The van der Waals surface area contributed by atoms with E-state index in [-0.39, 0.29) is 23.7 Å². The van der Waals surface area contributed by atoms with Crippen molar-refractivity contribution in [3.63, 3.8) is 0 Å². The standard InChI is InChI=1S/C9H7FN2O.ClH.H2O/c10-6-12-8-4-2-1-3-7(8)11-9(12)5-13;;/h1-5H,6H2;1H;1H2. The molecule has 1 aromatic heterocycles. The van der Waals surface area contributed by atoms with Gasteiger partial charge in [0.15, 0.2) is 18.9 Å². The van der Waals surface area contributed by atoms with Crippen molar-refractivity contribution in [1.29, 1.82) is 0 Å². The van der Waals surface area contributed by atoms with Crippen molar-refractivity contribution < 1.29 is 14.7 Å². The van der Waals surface area contributed by atoms with E-state index in [2.05, 4.69) is 4.98 Å². The molecule has 6 heteroatoms. The van der Waals surface area contributed by atoms with Crippen molar-refractivity contribution in [2.45, 2.75) is 6.80 Å². The zero-order valence-electron chi connectivity index (χ0n) is 7.68. The van der Waals surface area contributed by atoms with Crippen LogP contribution in [0.4, 0.5) is 4.39 Å². The zero-order valence-corrected chi connectivity index (χ0v) is 8.50. The Hall–Kier alpha value is -1.46. The summed E-state index contributed by atoms with van der Waals surface area (Å²) in [6.07, 6.45) is 0.555. The van der Waals surface area contributed by atoms with Gasteiger partial charge in [-0.3, -0.25) is 9.36 Å². The summed E-state index contributed by atoms with van der Waals surface area (Å²) in [5, 5.41) is 0. The molecule has 2 N–H and O–H groups in total. The lowest BCUT2D eigenvalue weighted by atomic mass is 10.3. The summed E-state index contributed by atoms with van der Waals surface area (Å²) in [6.45, 7) is -0.728. The molecule has 4 nitrogen and oxygen atoms in total. The van der Waals surface area contributed by atoms with Gasteiger partial charge in [-0.15, -0.1) is 12.4 Å². The number of carbonyl (C=O) groups is 1. The Morgan fingerprint density at radius 3 is 2.67 bits per heavy atom. The summed E-state index contributed by atoms with van der Waals surface area (Å²) in [7, 11) is 0. The maximum Gasteiger partial charge on any atom is 0.185 e. The van der Waals surface area contributed by atoms with Gasteiger partial charge < -0.3 is 5.48 Å². The first kappa shape index (κ1) is 13.5. The van der Waals surface area contributed by atoms with E-state index in [1.807, 2.05) is 0 Å². The fourth-order valence-electron chi connectivity index (χ4n) is 1.31. The van der Waals surface area contributed by atoms with Crippen LogP contribution in [-0.2, 0) is 6.80 Å². The number of hydrogen-bond acceptors (Lipinski definition) is 2. The van der Waals surface area contributed by atoms with Gasteiger partial charge in [-0.25, -0.2) is 9.37 Å². The molecular formula is C9H10ClFN2O2. The van der Waals surface area contributed by atoms with Gasteiger partial charge in [0.2, 0.25) is 0 Å². The summed E-state index contributed by atoms with van der Waals surface area (Å²) < 4.78 is 13.7. The molecule has 0 spiro atoms. The second-order valence-electron chi connectivity index (χ2n) is 2.62. The Morgan fingerprint density at radius 1 is 1.40 bits per heavy atom. The lowest BCUT2D eigenvalue weighted by Gasteiger charge is -1.96. The van der Waals surface area contributed by atoms with Crippen LogP contribution < -0.4 is 0 Å². The number of para-hydroxylation sites is 2. The Labute approximate surface area is 91.4 Å². The molecular weight excluding hydrogens is 223 g/mol. The van der Waals surface area contributed by atoms with Crippen LogP contribution in [0.5, 0.6) is 0 Å². The van der Waals surface area contributed by atoms with Gasteiger partial charge in [0, 0.05) is 0 Å². The predicted molar refractivity (Wildman–Crippen MR) is 57.1 cm³/mol. The van der Waals surface area contributed by atoms with Gasteiger partial charge >= 0.3 is 0 Å². The molecule has 82 valence electrons. The first-order valence-corrected chi connectivity index (χ1v) is 3.83. The largest absolute Gasteiger partial charge is 0.412 e. The third-order valence-electron chi connectivity index (χ3n) is 1.91. The topological polar surface area (TPSA) is 66.4 Å². The van der Waals surface area contributed by atoms with Gasteiger partial charge in [-0.2, -0.15) is 0 Å². The first-order valence-electron chi connectivity index (χ1n) is 3.83. The summed E-state index contributed by atoms with van der Waals surface area (Å²) in [5.41, 5.74) is 1.29. The molecule has 0 unspecified atom stereocenters. The number of halogens is 2. The number of aldehydes is 1. The highest BCUT2D eigenvalue weighted by atomic mass is 35.5. The number of rotatable bonds is 2. The highest BCUT2D eigenvalue weighted by Crippen LogP contribution is 2.14. The summed E-state index contributed by atoms with van der Waals surface area (Å²) in [6, 6.07) is 7.06. The molecule has 0 saturated carbocycles. The van der Waals surface area contributed by atoms with Crippen LogP contribution in [0, 0.1) is 0 Å². The van der Waals surface area contributed by atoms with E-state index >= 15 is 0 Å². The van der Waals surface area contributed by atoms with Crippen molar-refractivity contribution in [1.82, 2.24) is 9.55 Å². The van der Waals surface area contributed by atoms with Crippen LogP contribution in [0.1, 0.15) is 10.6 Å². The van der Waals surface area contributed by atoms with Crippen molar-refractivity contribution in [3.05, 3.63) is 30.1 Å².